The number of nitrogens with one attached hydrogen (secondary N) is 1. The number of rotatable bonds is 4. The number of hydrogen-bond acceptors (Lipinski definition) is 3. The quantitative estimate of drug-likeness (QED) is 0.914. The standard InChI is InChI=1S/C14H13F3N2O/c1-10(13-4-2-3-9-18-13)19-11-5-7-12(8-6-11)20-14(15,16)17/h2-10,19H,1H3. The van der Waals surface area contributed by atoms with Gasteiger partial charge in [0.2, 0.25) is 0 Å². The monoisotopic (exact) mass is 282 g/mol. The minimum absolute atomic E-state index is 0.0504. The summed E-state index contributed by atoms with van der Waals surface area (Å²) in [6, 6.07) is 11.1. The van der Waals surface area contributed by atoms with Crippen LogP contribution < -0.4 is 10.1 Å². The molecule has 0 aliphatic rings. The topological polar surface area (TPSA) is 34.1 Å². The number of ether oxygens (including phenoxy) is 1. The highest BCUT2D eigenvalue weighted by atomic mass is 19.4. The summed E-state index contributed by atoms with van der Waals surface area (Å²) in [4.78, 5) is 4.20. The molecule has 0 amide bonds. The van der Waals surface area contributed by atoms with Gasteiger partial charge < -0.3 is 10.1 Å². The molecule has 1 heterocycles. The first-order valence-electron chi connectivity index (χ1n) is 5.97. The Labute approximate surface area is 114 Å². The van der Waals surface area contributed by atoms with Crippen molar-refractivity contribution in [3.63, 3.8) is 0 Å². The van der Waals surface area contributed by atoms with E-state index in [9.17, 15) is 13.2 Å². The highest BCUT2D eigenvalue weighted by Gasteiger charge is 2.30. The van der Waals surface area contributed by atoms with E-state index in [1.54, 1.807) is 6.20 Å². The summed E-state index contributed by atoms with van der Waals surface area (Å²) in [5, 5.41) is 3.15. The summed E-state index contributed by atoms with van der Waals surface area (Å²) in [6.45, 7) is 1.92. The smallest absolute Gasteiger partial charge is 0.406 e. The third-order valence-electron chi connectivity index (χ3n) is 2.60. The second-order valence-corrected chi connectivity index (χ2v) is 4.19. The Bertz CT molecular complexity index is 541. The number of benzene rings is 1. The van der Waals surface area contributed by atoms with Gasteiger partial charge in [0, 0.05) is 11.9 Å². The van der Waals surface area contributed by atoms with E-state index in [-0.39, 0.29) is 11.8 Å². The molecule has 2 rings (SSSR count). The van der Waals surface area contributed by atoms with E-state index in [1.807, 2.05) is 25.1 Å². The zero-order valence-corrected chi connectivity index (χ0v) is 10.7. The summed E-state index contributed by atoms with van der Waals surface area (Å²) in [6.07, 6.45) is -2.98. The predicted molar refractivity (Wildman–Crippen MR) is 69.4 cm³/mol. The van der Waals surface area contributed by atoms with Crippen molar-refractivity contribution < 1.29 is 17.9 Å². The minimum Gasteiger partial charge on any atom is -0.406 e. The molecular formula is C14H13F3N2O. The summed E-state index contributed by atoms with van der Waals surface area (Å²) >= 11 is 0. The van der Waals surface area contributed by atoms with Crippen LogP contribution in [-0.2, 0) is 0 Å². The SMILES string of the molecule is CC(Nc1ccc(OC(F)(F)F)cc1)c1ccccn1. The normalized spacial score (nSPS) is 12.8. The van der Waals surface area contributed by atoms with Crippen molar-refractivity contribution in [2.45, 2.75) is 19.3 Å². The first-order chi connectivity index (χ1) is 9.44. The van der Waals surface area contributed by atoms with Crippen molar-refractivity contribution in [3.05, 3.63) is 54.4 Å². The second-order valence-electron chi connectivity index (χ2n) is 4.19. The van der Waals surface area contributed by atoms with Crippen LogP contribution in [0.2, 0.25) is 0 Å². The Morgan fingerprint density at radius 3 is 2.35 bits per heavy atom. The van der Waals surface area contributed by atoms with E-state index < -0.39 is 6.36 Å². The van der Waals surface area contributed by atoms with Crippen LogP contribution in [0.25, 0.3) is 0 Å². The van der Waals surface area contributed by atoms with Gasteiger partial charge in [-0.2, -0.15) is 0 Å². The van der Waals surface area contributed by atoms with E-state index in [4.69, 9.17) is 0 Å². The predicted octanol–water partition coefficient (Wildman–Crippen LogP) is 4.15. The number of pyridine rings is 1. The Kier molecular flexibility index (Phi) is 4.12. The lowest BCUT2D eigenvalue weighted by Gasteiger charge is -2.15. The molecular weight excluding hydrogens is 269 g/mol. The van der Waals surface area contributed by atoms with Gasteiger partial charge in [0.05, 0.1) is 11.7 Å². The first kappa shape index (κ1) is 14.2. The maximum absolute atomic E-state index is 12.0. The Hall–Kier alpha value is -2.24. The second kappa shape index (κ2) is 5.81. The number of hydrogen-bond donors (Lipinski definition) is 1. The highest BCUT2D eigenvalue weighted by molar-refractivity contribution is 5.47. The minimum atomic E-state index is -4.67. The third kappa shape index (κ3) is 4.15. The first-order valence-corrected chi connectivity index (χ1v) is 5.97. The number of anilines is 1. The van der Waals surface area contributed by atoms with Crippen LogP contribution in [0.3, 0.4) is 0 Å². The van der Waals surface area contributed by atoms with Gasteiger partial charge in [0.25, 0.3) is 0 Å². The van der Waals surface area contributed by atoms with E-state index in [0.717, 1.165) is 5.69 Å². The molecule has 2 aromatic rings. The van der Waals surface area contributed by atoms with Crippen LogP contribution in [0, 0.1) is 0 Å². The van der Waals surface area contributed by atoms with Crippen LogP contribution >= 0.6 is 0 Å². The summed E-state index contributed by atoms with van der Waals surface area (Å²) < 4.78 is 39.9. The zero-order chi connectivity index (χ0) is 14.6. The maximum atomic E-state index is 12.0. The molecule has 0 bridgehead atoms. The summed E-state index contributed by atoms with van der Waals surface area (Å²) in [5.41, 5.74) is 1.54. The molecule has 6 heteroatoms. The van der Waals surface area contributed by atoms with Crippen molar-refractivity contribution >= 4 is 5.69 Å². The Morgan fingerprint density at radius 2 is 1.80 bits per heavy atom. The fraction of sp³-hybridized carbons (Fsp3) is 0.214. The molecule has 0 radical (unpaired) electrons. The zero-order valence-electron chi connectivity index (χ0n) is 10.7. The molecule has 0 saturated carbocycles. The maximum Gasteiger partial charge on any atom is 0.573 e. The van der Waals surface area contributed by atoms with Gasteiger partial charge in [-0.3, -0.25) is 4.98 Å². The van der Waals surface area contributed by atoms with Crippen LogP contribution in [0.1, 0.15) is 18.7 Å². The molecule has 1 N–H and O–H groups in total. The van der Waals surface area contributed by atoms with Crippen molar-refractivity contribution in [2.24, 2.45) is 0 Å². The van der Waals surface area contributed by atoms with Crippen molar-refractivity contribution in [2.75, 3.05) is 5.32 Å². The van der Waals surface area contributed by atoms with Crippen LogP contribution in [0.4, 0.5) is 18.9 Å². The van der Waals surface area contributed by atoms with Gasteiger partial charge in [-0.15, -0.1) is 13.2 Å². The fourth-order valence-corrected chi connectivity index (χ4v) is 1.71. The van der Waals surface area contributed by atoms with Crippen molar-refractivity contribution in [1.29, 1.82) is 0 Å². The van der Waals surface area contributed by atoms with Gasteiger partial charge in [0.15, 0.2) is 0 Å². The van der Waals surface area contributed by atoms with Gasteiger partial charge in [-0.05, 0) is 43.3 Å². The number of alkyl halides is 3. The van der Waals surface area contributed by atoms with E-state index in [0.29, 0.717) is 5.69 Å². The molecule has 1 aromatic heterocycles. The summed E-state index contributed by atoms with van der Waals surface area (Å²) in [7, 11) is 0. The van der Waals surface area contributed by atoms with E-state index in [2.05, 4.69) is 15.0 Å². The lowest BCUT2D eigenvalue weighted by molar-refractivity contribution is -0.274. The largest absolute Gasteiger partial charge is 0.573 e. The average Bonchev–Trinajstić information content (AvgIpc) is 2.40. The average molecular weight is 282 g/mol. The summed E-state index contributed by atoms with van der Waals surface area (Å²) in [5.74, 6) is -0.242. The van der Waals surface area contributed by atoms with Gasteiger partial charge >= 0.3 is 6.36 Å². The van der Waals surface area contributed by atoms with E-state index >= 15 is 0 Å². The van der Waals surface area contributed by atoms with Crippen molar-refractivity contribution in [3.8, 4) is 5.75 Å². The molecule has 1 atom stereocenters. The fourth-order valence-electron chi connectivity index (χ4n) is 1.71. The van der Waals surface area contributed by atoms with Gasteiger partial charge in [-0.1, -0.05) is 6.07 Å². The number of aromatic nitrogens is 1. The molecule has 0 spiro atoms. The number of nitrogens with zero attached hydrogens (tertiary/aromatic N) is 1. The molecule has 106 valence electrons. The van der Waals surface area contributed by atoms with Crippen LogP contribution in [0.15, 0.2) is 48.7 Å². The lowest BCUT2D eigenvalue weighted by atomic mass is 10.2. The molecule has 1 aromatic carbocycles. The van der Waals surface area contributed by atoms with Gasteiger partial charge in [-0.25, -0.2) is 0 Å². The Balaban J connectivity index is 2.00. The van der Waals surface area contributed by atoms with Crippen LogP contribution in [-0.4, -0.2) is 11.3 Å². The molecule has 3 nitrogen and oxygen atoms in total. The molecule has 20 heavy (non-hydrogen) atoms. The molecule has 0 aliphatic heterocycles. The molecule has 0 aliphatic carbocycles. The molecule has 0 saturated heterocycles. The molecule has 0 fully saturated rings. The van der Waals surface area contributed by atoms with Crippen molar-refractivity contribution in [1.82, 2.24) is 4.98 Å². The van der Waals surface area contributed by atoms with E-state index in [1.165, 1.54) is 24.3 Å². The lowest BCUT2D eigenvalue weighted by Crippen LogP contribution is -2.17. The van der Waals surface area contributed by atoms with Gasteiger partial charge in [0.1, 0.15) is 5.75 Å². The highest BCUT2D eigenvalue weighted by Crippen LogP contribution is 2.25. The molecule has 1 unspecified atom stereocenters. The third-order valence-corrected chi connectivity index (χ3v) is 2.60. The number of halogens is 3. The Morgan fingerprint density at radius 1 is 1.10 bits per heavy atom. The van der Waals surface area contributed by atoms with Crippen LogP contribution in [0.5, 0.6) is 5.75 Å².